The summed E-state index contributed by atoms with van der Waals surface area (Å²) in [6.07, 6.45) is 3.57. The number of carbonyl (C=O) groups is 2. The molecule has 1 amide bonds. The Kier molecular flexibility index (Phi) is 5.82. The second-order valence-corrected chi connectivity index (χ2v) is 7.60. The van der Waals surface area contributed by atoms with Crippen molar-refractivity contribution >= 4 is 29.1 Å². The van der Waals surface area contributed by atoms with Crippen molar-refractivity contribution in [2.24, 2.45) is 0 Å². The van der Waals surface area contributed by atoms with Gasteiger partial charge in [0.15, 0.2) is 0 Å². The van der Waals surface area contributed by atoms with Crippen molar-refractivity contribution in [3.05, 3.63) is 106 Å². The third-order valence-electron chi connectivity index (χ3n) is 5.19. The van der Waals surface area contributed by atoms with Crippen molar-refractivity contribution in [1.29, 1.82) is 0 Å². The molecule has 31 heavy (non-hydrogen) atoms. The standard InChI is InChI=1S/C24H18ClFN2O3/c25-18-5-1-3-16(13-18)22(29)20-21(17-4-2-11-27-14-17)28(24(31)23(20)30)12-10-15-6-8-19(26)9-7-15/h1-9,11,13-14,21,29H,10,12H2/b22-20-. The number of amides is 1. The monoisotopic (exact) mass is 436 g/mol. The number of pyridine rings is 1. The van der Waals surface area contributed by atoms with E-state index in [1.807, 2.05) is 0 Å². The van der Waals surface area contributed by atoms with E-state index in [2.05, 4.69) is 4.98 Å². The van der Waals surface area contributed by atoms with Crippen LogP contribution in [0.25, 0.3) is 5.76 Å². The molecule has 7 heteroatoms. The summed E-state index contributed by atoms with van der Waals surface area (Å²) < 4.78 is 13.2. The van der Waals surface area contributed by atoms with E-state index in [0.717, 1.165) is 5.56 Å². The molecule has 3 aromatic rings. The second kappa shape index (κ2) is 8.70. The summed E-state index contributed by atoms with van der Waals surface area (Å²) in [7, 11) is 0. The highest BCUT2D eigenvalue weighted by molar-refractivity contribution is 6.46. The highest BCUT2D eigenvalue weighted by Gasteiger charge is 2.45. The summed E-state index contributed by atoms with van der Waals surface area (Å²) in [5.74, 6) is -2.12. The molecule has 2 aromatic carbocycles. The zero-order chi connectivity index (χ0) is 22.0. The maximum absolute atomic E-state index is 13.2. The Morgan fingerprint density at radius 2 is 1.87 bits per heavy atom. The normalized spacial score (nSPS) is 17.9. The van der Waals surface area contributed by atoms with Gasteiger partial charge in [0.25, 0.3) is 11.7 Å². The predicted molar refractivity (Wildman–Crippen MR) is 115 cm³/mol. The molecule has 1 N–H and O–H groups in total. The molecule has 1 aromatic heterocycles. The number of halogens is 2. The Hall–Kier alpha value is -3.51. The number of hydrogen-bond acceptors (Lipinski definition) is 4. The number of aromatic nitrogens is 1. The molecule has 1 atom stereocenters. The molecule has 5 nitrogen and oxygen atoms in total. The largest absolute Gasteiger partial charge is 0.507 e. The van der Waals surface area contributed by atoms with Gasteiger partial charge >= 0.3 is 0 Å². The number of aliphatic hydroxyl groups is 1. The molecule has 1 aliphatic heterocycles. The van der Waals surface area contributed by atoms with Crippen molar-refractivity contribution in [3.8, 4) is 0 Å². The number of aliphatic hydroxyl groups excluding tert-OH is 1. The molecule has 4 rings (SSSR count). The van der Waals surface area contributed by atoms with Gasteiger partial charge in [0.1, 0.15) is 11.6 Å². The van der Waals surface area contributed by atoms with Crippen molar-refractivity contribution < 1.29 is 19.1 Å². The molecular weight excluding hydrogens is 419 g/mol. The number of nitrogens with zero attached hydrogens (tertiary/aromatic N) is 2. The van der Waals surface area contributed by atoms with Crippen LogP contribution in [0, 0.1) is 5.82 Å². The maximum atomic E-state index is 13.2. The fourth-order valence-electron chi connectivity index (χ4n) is 3.69. The fourth-order valence-corrected chi connectivity index (χ4v) is 3.88. The van der Waals surface area contributed by atoms with Gasteiger partial charge in [0.05, 0.1) is 11.6 Å². The third kappa shape index (κ3) is 4.20. The van der Waals surface area contributed by atoms with E-state index in [1.54, 1.807) is 54.9 Å². The summed E-state index contributed by atoms with van der Waals surface area (Å²) >= 11 is 6.04. The average molecular weight is 437 g/mol. The number of likely N-dealkylation sites (tertiary alicyclic amines) is 1. The molecule has 1 fully saturated rings. The van der Waals surface area contributed by atoms with Crippen molar-refractivity contribution in [1.82, 2.24) is 9.88 Å². The summed E-state index contributed by atoms with van der Waals surface area (Å²) in [6, 6.07) is 15.1. The Labute approximate surface area is 183 Å². The fraction of sp³-hybridized carbons (Fsp3) is 0.125. The van der Waals surface area contributed by atoms with Crippen LogP contribution in [0.2, 0.25) is 5.02 Å². The number of Topliss-reactive ketones (excluding diaryl/α,β-unsaturated/α-hetero) is 1. The molecule has 0 spiro atoms. The van der Waals surface area contributed by atoms with E-state index in [0.29, 0.717) is 22.6 Å². The minimum Gasteiger partial charge on any atom is -0.507 e. The van der Waals surface area contributed by atoms with Crippen LogP contribution in [-0.2, 0) is 16.0 Å². The smallest absolute Gasteiger partial charge is 0.295 e. The molecule has 156 valence electrons. The van der Waals surface area contributed by atoms with Gasteiger partial charge in [-0.2, -0.15) is 0 Å². The van der Waals surface area contributed by atoms with Gasteiger partial charge in [-0.1, -0.05) is 41.9 Å². The number of benzene rings is 2. The van der Waals surface area contributed by atoms with Crippen LogP contribution < -0.4 is 0 Å². The summed E-state index contributed by atoms with van der Waals surface area (Å²) in [4.78, 5) is 31.4. The molecule has 0 bridgehead atoms. The van der Waals surface area contributed by atoms with Gasteiger partial charge in [-0.15, -0.1) is 0 Å². The van der Waals surface area contributed by atoms with Crippen LogP contribution >= 0.6 is 11.6 Å². The lowest BCUT2D eigenvalue weighted by atomic mass is 9.96. The quantitative estimate of drug-likeness (QED) is 0.362. The van der Waals surface area contributed by atoms with E-state index in [9.17, 15) is 19.1 Å². The highest BCUT2D eigenvalue weighted by atomic mass is 35.5. The van der Waals surface area contributed by atoms with Crippen LogP contribution in [0.1, 0.15) is 22.7 Å². The van der Waals surface area contributed by atoms with Crippen LogP contribution in [0.5, 0.6) is 0 Å². The minimum atomic E-state index is -0.798. The summed E-state index contributed by atoms with van der Waals surface area (Å²) in [6.45, 7) is 0.210. The maximum Gasteiger partial charge on any atom is 0.295 e. The molecule has 1 unspecified atom stereocenters. The van der Waals surface area contributed by atoms with E-state index in [-0.39, 0.29) is 23.7 Å². The predicted octanol–water partition coefficient (Wildman–Crippen LogP) is 4.54. The molecule has 1 aliphatic rings. The number of rotatable bonds is 5. The zero-order valence-electron chi connectivity index (χ0n) is 16.3. The van der Waals surface area contributed by atoms with Crippen LogP contribution in [0.15, 0.2) is 78.6 Å². The zero-order valence-corrected chi connectivity index (χ0v) is 17.1. The van der Waals surface area contributed by atoms with E-state index < -0.39 is 17.7 Å². The van der Waals surface area contributed by atoms with Crippen molar-refractivity contribution in [2.45, 2.75) is 12.5 Å². The van der Waals surface area contributed by atoms with Gasteiger partial charge in [-0.25, -0.2) is 4.39 Å². The molecular formula is C24H18ClFN2O3. The van der Waals surface area contributed by atoms with Crippen LogP contribution in [-0.4, -0.2) is 33.2 Å². The van der Waals surface area contributed by atoms with Gasteiger partial charge in [-0.3, -0.25) is 14.6 Å². The highest BCUT2D eigenvalue weighted by Crippen LogP contribution is 2.39. The van der Waals surface area contributed by atoms with Crippen LogP contribution in [0.4, 0.5) is 4.39 Å². The number of carbonyl (C=O) groups excluding carboxylic acids is 2. The SMILES string of the molecule is O=C1C(=O)N(CCc2ccc(F)cc2)C(c2cccnc2)/C1=C(/O)c1cccc(Cl)c1. The van der Waals surface area contributed by atoms with E-state index in [1.165, 1.54) is 23.1 Å². The molecule has 2 heterocycles. The van der Waals surface area contributed by atoms with Crippen molar-refractivity contribution in [3.63, 3.8) is 0 Å². The van der Waals surface area contributed by atoms with Gasteiger partial charge in [-0.05, 0) is 47.9 Å². The van der Waals surface area contributed by atoms with Gasteiger partial charge in [0, 0.05) is 29.5 Å². The first kappa shape index (κ1) is 20.8. The van der Waals surface area contributed by atoms with E-state index in [4.69, 9.17) is 11.6 Å². The molecule has 0 saturated carbocycles. The molecule has 0 radical (unpaired) electrons. The topological polar surface area (TPSA) is 70.5 Å². The Balaban J connectivity index is 1.76. The number of hydrogen-bond donors (Lipinski definition) is 1. The Morgan fingerprint density at radius 3 is 2.55 bits per heavy atom. The Bertz CT molecular complexity index is 1160. The van der Waals surface area contributed by atoms with Crippen LogP contribution in [0.3, 0.4) is 0 Å². The lowest BCUT2D eigenvalue weighted by Crippen LogP contribution is -2.31. The Morgan fingerprint density at radius 1 is 1.10 bits per heavy atom. The summed E-state index contributed by atoms with van der Waals surface area (Å²) in [5.41, 5.74) is 1.75. The third-order valence-corrected chi connectivity index (χ3v) is 5.43. The first-order valence-corrected chi connectivity index (χ1v) is 10.0. The lowest BCUT2D eigenvalue weighted by molar-refractivity contribution is -0.139. The molecule has 0 aliphatic carbocycles. The minimum absolute atomic E-state index is 0.0145. The van der Waals surface area contributed by atoms with Crippen molar-refractivity contribution in [2.75, 3.05) is 6.54 Å². The first-order valence-electron chi connectivity index (χ1n) is 9.64. The average Bonchev–Trinajstić information content (AvgIpc) is 3.03. The molecule has 1 saturated heterocycles. The van der Waals surface area contributed by atoms with Gasteiger partial charge < -0.3 is 10.0 Å². The number of ketones is 1. The second-order valence-electron chi connectivity index (χ2n) is 7.17. The van der Waals surface area contributed by atoms with E-state index >= 15 is 0 Å². The lowest BCUT2D eigenvalue weighted by Gasteiger charge is -2.25. The first-order chi connectivity index (χ1) is 15.0. The summed E-state index contributed by atoms with van der Waals surface area (Å²) in [5, 5.41) is 11.4. The van der Waals surface area contributed by atoms with Gasteiger partial charge in [0.2, 0.25) is 0 Å².